The minimum Gasteiger partial charge on any atom is -0.478 e. The van der Waals surface area contributed by atoms with Gasteiger partial charge in [0.25, 0.3) is 11.8 Å². The number of nitrogens with zero attached hydrogens (tertiary/aromatic N) is 4. The highest BCUT2D eigenvalue weighted by Gasteiger charge is 2.31. The van der Waals surface area contributed by atoms with Gasteiger partial charge in [-0.05, 0) is 37.1 Å². The molecule has 2 aromatic heterocycles. The summed E-state index contributed by atoms with van der Waals surface area (Å²) in [7, 11) is 1.51. The summed E-state index contributed by atoms with van der Waals surface area (Å²) in [6, 6.07) is 8.32. The van der Waals surface area contributed by atoms with Gasteiger partial charge in [0.15, 0.2) is 18.5 Å². The molecule has 11 heteroatoms. The van der Waals surface area contributed by atoms with E-state index in [0.717, 1.165) is 23.5 Å². The third-order valence-electron chi connectivity index (χ3n) is 6.29. The Kier molecular flexibility index (Phi) is 7.47. The third-order valence-corrected chi connectivity index (χ3v) is 7.98. The Morgan fingerprint density at radius 2 is 2.11 bits per heavy atom. The topological polar surface area (TPSA) is 86.1 Å². The Hall–Kier alpha value is -3.05. The average Bonchev–Trinajstić information content (AvgIpc) is 3.58. The number of ether oxygens (including phenoxy) is 2. The molecule has 36 heavy (non-hydrogen) atoms. The van der Waals surface area contributed by atoms with Gasteiger partial charge in [-0.3, -0.25) is 4.79 Å². The van der Waals surface area contributed by atoms with Crippen LogP contribution in [0.3, 0.4) is 0 Å². The zero-order chi connectivity index (χ0) is 25.1. The second-order valence-corrected chi connectivity index (χ2v) is 10.2. The number of likely N-dealkylation sites (tertiary alicyclic amines) is 1. The lowest BCUT2D eigenvalue weighted by Crippen LogP contribution is -2.40. The first-order chi connectivity index (χ1) is 17.5. The van der Waals surface area contributed by atoms with Crippen LogP contribution in [-0.4, -0.2) is 53.3 Å². The van der Waals surface area contributed by atoms with Gasteiger partial charge >= 0.3 is 0 Å². The Labute approximate surface area is 220 Å². The van der Waals surface area contributed by atoms with Gasteiger partial charge in [0, 0.05) is 47.0 Å². The van der Waals surface area contributed by atoms with E-state index in [-0.39, 0.29) is 24.2 Å². The number of pyridine rings is 1. The Balaban J connectivity index is 1.14. The van der Waals surface area contributed by atoms with Crippen molar-refractivity contribution >= 4 is 38.9 Å². The van der Waals surface area contributed by atoms with E-state index < -0.39 is 6.10 Å². The number of carbonyl (C=O) groups is 1. The van der Waals surface area contributed by atoms with Crippen LogP contribution in [-0.2, 0) is 9.63 Å². The molecule has 0 aliphatic carbocycles. The standard InChI is InChI=1S/C25H24BrFN4O4S/c1-33-24-20(6-3-9-28-24)34-13-22(32)31-10-7-15(8-11-31)25-29-19(14-36-25)18-12-21(35-30-18)23-16(26)4-2-5-17(23)27/h2-6,9,14-15,21H,7-8,10-13H2,1H3. The quantitative estimate of drug-likeness (QED) is 0.390. The molecule has 1 aromatic carbocycles. The van der Waals surface area contributed by atoms with Crippen molar-refractivity contribution in [3.63, 3.8) is 0 Å². The fraction of sp³-hybridized carbons (Fsp3) is 0.360. The van der Waals surface area contributed by atoms with E-state index in [9.17, 15) is 9.18 Å². The van der Waals surface area contributed by atoms with Gasteiger partial charge in [0.05, 0.1) is 17.8 Å². The van der Waals surface area contributed by atoms with Crippen molar-refractivity contribution in [3.05, 3.63) is 68.5 Å². The Bertz CT molecular complexity index is 1260. The monoisotopic (exact) mass is 574 g/mol. The van der Waals surface area contributed by atoms with Crippen LogP contribution in [0.1, 0.15) is 47.5 Å². The number of carbonyl (C=O) groups excluding carboxylic acids is 1. The molecule has 2 aliphatic heterocycles. The van der Waals surface area contributed by atoms with Crippen LogP contribution < -0.4 is 9.47 Å². The zero-order valence-corrected chi connectivity index (χ0v) is 21.9. The van der Waals surface area contributed by atoms with Gasteiger partial charge in [-0.2, -0.15) is 0 Å². The van der Waals surface area contributed by atoms with Crippen LogP contribution in [0.4, 0.5) is 4.39 Å². The molecule has 0 N–H and O–H groups in total. The number of benzene rings is 1. The van der Waals surface area contributed by atoms with Crippen molar-refractivity contribution < 1.29 is 23.5 Å². The lowest BCUT2D eigenvalue weighted by molar-refractivity contribution is -0.134. The largest absolute Gasteiger partial charge is 0.478 e. The Morgan fingerprint density at radius 1 is 1.28 bits per heavy atom. The van der Waals surface area contributed by atoms with Crippen LogP contribution in [0.15, 0.2) is 51.5 Å². The van der Waals surface area contributed by atoms with E-state index in [4.69, 9.17) is 19.3 Å². The number of piperidine rings is 1. The molecule has 0 bridgehead atoms. The number of thiazole rings is 1. The Morgan fingerprint density at radius 3 is 2.89 bits per heavy atom. The third kappa shape index (κ3) is 5.22. The summed E-state index contributed by atoms with van der Waals surface area (Å²) in [6.07, 6.45) is 3.22. The van der Waals surface area contributed by atoms with E-state index >= 15 is 0 Å². The molecule has 1 atom stereocenters. The van der Waals surface area contributed by atoms with Crippen LogP contribution >= 0.6 is 27.3 Å². The highest BCUT2D eigenvalue weighted by Crippen LogP contribution is 2.37. The van der Waals surface area contributed by atoms with Gasteiger partial charge in [-0.25, -0.2) is 14.4 Å². The van der Waals surface area contributed by atoms with Gasteiger partial charge in [0.1, 0.15) is 11.5 Å². The average molecular weight is 575 g/mol. The fourth-order valence-corrected chi connectivity index (χ4v) is 5.95. The summed E-state index contributed by atoms with van der Waals surface area (Å²) < 4.78 is 25.8. The summed E-state index contributed by atoms with van der Waals surface area (Å²) in [5.74, 6) is 0.681. The molecule has 3 aromatic rings. The number of hydrogen-bond donors (Lipinski definition) is 0. The minimum absolute atomic E-state index is 0.0623. The first-order valence-corrected chi connectivity index (χ1v) is 13.2. The van der Waals surface area contributed by atoms with Crippen LogP contribution in [0.5, 0.6) is 11.6 Å². The lowest BCUT2D eigenvalue weighted by Gasteiger charge is -2.31. The first kappa shape index (κ1) is 24.6. The molecule has 2 aliphatic rings. The van der Waals surface area contributed by atoms with E-state index in [1.807, 2.05) is 10.3 Å². The van der Waals surface area contributed by atoms with Crippen molar-refractivity contribution in [2.75, 3.05) is 26.8 Å². The van der Waals surface area contributed by atoms with E-state index in [1.54, 1.807) is 41.8 Å². The van der Waals surface area contributed by atoms with Crippen molar-refractivity contribution in [1.29, 1.82) is 0 Å². The van der Waals surface area contributed by atoms with E-state index in [1.165, 1.54) is 13.2 Å². The predicted octanol–water partition coefficient (Wildman–Crippen LogP) is 5.10. The zero-order valence-electron chi connectivity index (χ0n) is 19.5. The van der Waals surface area contributed by atoms with E-state index in [2.05, 4.69) is 26.1 Å². The van der Waals surface area contributed by atoms with Gasteiger partial charge in [-0.1, -0.05) is 27.2 Å². The fourth-order valence-electron chi connectivity index (χ4n) is 4.36. The number of hydrogen-bond acceptors (Lipinski definition) is 8. The van der Waals surface area contributed by atoms with Crippen LogP contribution in [0.2, 0.25) is 0 Å². The van der Waals surface area contributed by atoms with Crippen molar-refractivity contribution in [2.24, 2.45) is 5.16 Å². The molecule has 0 spiro atoms. The van der Waals surface area contributed by atoms with Crippen LogP contribution in [0.25, 0.3) is 0 Å². The molecule has 1 saturated heterocycles. The maximum absolute atomic E-state index is 14.3. The van der Waals surface area contributed by atoms with Gasteiger partial charge < -0.3 is 19.2 Å². The second-order valence-electron chi connectivity index (χ2n) is 8.50. The molecule has 0 radical (unpaired) electrons. The highest BCUT2D eigenvalue weighted by atomic mass is 79.9. The molecule has 1 unspecified atom stereocenters. The van der Waals surface area contributed by atoms with E-state index in [0.29, 0.717) is 46.9 Å². The predicted molar refractivity (Wildman–Crippen MR) is 136 cm³/mol. The number of methoxy groups -OCH3 is 1. The van der Waals surface area contributed by atoms with Crippen molar-refractivity contribution in [2.45, 2.75) is 31.3 Å². The molecule has 1 amide bonds. The number of amides is 1. The molecule has 1 fully saturated rings. The summed E-state index contributed by atoms with van der Waals surface area (Å²) in [4.78, 5) is 28.9. The maximum Gasteiger partial charge on any atom is 0.260 e. The maximum atomic E-state index is 14.3. The van der Waals surface area contributed by atoms with Gasteiger partial charge in [-0.15, -0.1) is 11.3 Å². The molecule has 188 valence electrons. The molecule has 4 heterocycles. The molecular weight excluding hydrogens is 551 g/mol. The molecular formula is C25H24BrFN4O4S. The summed E-state index contributed by atoms with van der Waals surface area (Å²) >= 11 is 4.99. The second kappa shape index (κ2) is 10.9. The van der Waals surface area contributed by atoms with Crippen LogP contribution in [0, 0.1) is 5.82 Å². The highest BCUT2D eigenvalue weighted by molar-refractivity contribution is 9.10. The summed E-state index contributed by atoms with van der Waals surface area (Å²) in [5, 5.41) is 7.19. The number of oxime groups is 1. The lowest BCUT2D eigenvalue weighted by atomic mass is 9.97. The SMILES string of the molecule is COc1ncccc1OCC(=O)N1CCC(c2nc(C3=NOC(c4c(F)cccc4Br)C3)cs2)CC1. The normalized spacial score (nSPS) is 18.0. The number of halogens is 2. The first-order valence-electron chi connectivity index (χ1n) is 11.6. The molecule has 5 rings (SSSR count). The minimum atomic E-state index is -0.483. The summed E-state index contributed by atoms with van der Waals surface area (Å²) in [6.45, 7) is 1.21. The summed E-state index contributed by atoms with van der Waals surface area (Å²) in [5.41, 5.74) is 1.95. The molecule has 8 nitrogen and oxygen atoms in total. The number of rotatable bonds is 7. The van der Waals surface area contributed by atoms with Crippen molar-refractivity contribution in [3.8, 4) is 11.6 Å². The van der Waals surface area contributed by atoms with Gasteiger partial charge in [0.2, 0.25) is 0 Å². The number of aromatic nitrogens is 2. The smallest absolute Gasteiger partial charge is 0.260 e. The van der Waals surface area contributed by atoms with Crippen molar-refractivity contribution in [1.82, 2.24) is 14.9 Å². The molecule has 0 saturated carbocycles.